The van der Waals surface area contributed by atoms with E-state index in [1.54, 1.807) is 36.0 Å². The van der Waals surface area contributed by atoms with Crippen LogP contribution in [0.4, 0.5) is 11.4 Å². The number of thioether (sulfide) groups is 1. The zero-order valence-electron chi connectivity index (χ0n) is 15.3. The number of amides is 2. The summed E-state index contributed by atoms with van der Waals surface area (Å²) in [5, 5.41) is 5.41. The van der Waals surface area contributed by atoms with Crippen molar-refractivity contribution in [3.05, 3.63) is 53.1 Å². The monoisotopic (exact) mass is 356 g/mol. The molecule has 0 saturated carbocycles. The fourth-order valence-corrected chi connectivity index (χ4v) is 3.68. The number of carbonyl (C=O) groups excluding carboxylic acids is 2. The van der Waals surface area contributed by atoms with Gasteiger partial charge in [-0.05, 0) is 63.1 Å². The predicted octanol–water partition coefficient (Wildman–Crippen LogP) is 4.69. The molecule has 0 unspecified atom stereocenters. The second-order valence-electron chi connectivity index (χ2n) is 6.24. The molecule has 0 spiro atoms. The minimum Gasteiger partial charge on any atom is -0.326 e. The first-order valence-electron chi connectivity index (χ1n) is 8.19. The zero-order chi connectivity index (χ0) is 18.6. The number of hydrogen-bond donors (Lipinski definition) is 2. The number of aryl methyl sites for hydroxylation is 3. The van der Waals surface area contributed by atoms with Gasteiger partial charge in [-0.2, -0.15) is 0 Å². The predicted molar refractivity (Wildman–Crippen MR) is 105 cm³/mol. The lowest BCUT2D eigenvalue weighted by Gasteiger charge is -2.16. The summed E-state index contributed by atoms with van der Waals surface area (Å²) >= 11 is 1.58. The minimum absolute atomic E-state index is 0.0448. The van der Waals surface area contributed by atoms with Crippen molar-refractivity contribution in [1.82, 2.24) is 0 Å². The SMILES string of the molecule is CC(=O)Nc1ccc(NC(=O)[C@H](C)Sc2c(C)cc(C)cc2C)cc1. The standard InChI is InChI=1S/C20H24N2O2S/c1-12-10-13(2)19(14(3)11-12)25-15(4)20(24)22-18-8-6-17(7-9-18)21-16(5)23/h6-11,15H,1-5H3,(H,21,23)(H,22,24)/t15-/m0/s1. The van der Waals surface area contributed by atoms with Gasteiger partial charge in [-0.15, -0.1) is 11.8 Å². The molecule has 4 nitrogen and oxygen atoms in total. The topological polar surface area (TPSA) is 58.2 Å². The molecule has 2 rings (SSSR count). The van der Waals surface area contributed by atoms with Crippen molar-refractivity contribution in [3.63, 3.8) is 0 Å². The second-order valence-corrected chi connectivity index (χ2v) is 7.59. The summed E-state index contributed by atoms with van der Waals surface area (Å²) in [6.07, 6.45) is 0. The van der Waals surface area contributed by atoms with Gasteiger partial charge in [-0.1, -0.05) is 17.7 Å². The molecular formula is C20H24N2O2S. The van der Waals surface area contributed by atoms with E-state index in [4.69, 9.17) is 0 Å². The van der Waals surface area contributed by atoms with Gasteiger partial charge >= 0.3 is 0 Å². The maximum Gasteiger partial charge on any atom is 0.237 e. The average molecular weight is 356 g/mol. The van der Waals surface area contributed by atoms with Crippen LogP contribution in [-0.2, 0) is 9.59 Å². The Morgan fingerprint density at radius 1 is 0.920 bits per heavy atom. The van der Waals surface area contributed by atoms with Crippen LogP contribution in [0.5, 0.6) is 0 Å². The summed E-state index contributed by atoms with van der Waals surface area (Å²) in [7, 11) is 0. The van der Waals surface area contributed by atoms with Crippen molar-refractivity contribution in [2.45, 2.75) is 44.8 Å². The molecule has 132 valence electrons. The smallest absolute Gasteiger partial charge is 0.237 e. The third kappa shape index (κ3) is 5.36. The number of rotatable bonds is 5. The molecule has 0 aliphatic carbocycles. The normalized spacial score (nSPS) is 11.7. The number of benzene rings is 2. The fraction of sp³-hybridized carbons (Fsp3) is 0.300. The van der Waals surface area contributed by atoms with Crippen molar-refractivity contribution >= 4 is 35.0 Å². The van der Waals surface area contributed by atoms with Gasteiger partial charge < -0.3 is 10.6 Å². The van der Waals surface area contributed by atoms with Crippen LogP contribution < -0.4 is 10.6 Å². The quantitative estimate of drug-likeness (QED) is 0.764. The summed E-state index contributed by atoms with van der Waals surface area (Å²) < 4.78 is 0. The molecule has 0 bridgehead atoms. The van der Waals surface area contributed by atoms with Crippen molar-refractivity contribution < 1.29 is 9.59 Å². The molecule has 2 aromatic carbocycles. The Balaban J connectivity index is 2.02. The highest BCUT2D eigenvalue weighted by Gasteiger charge is 2.17. The zero-order valence-corrected chi connectivity index (χ0v) is 16.1. The molecule has 5 heteroatoms. The number of nitrogens with one attached hydrogen (secondary N) is 2. The molecule has 0 aliphatic rings. The molecular weight excluding hydrogens is 332 g/mol. The number of hydrogen-bond acceptors (Lipinski definition) is 3. The third-order valence-corrected chi connectivity index (χ3v) is 5.19. The van der Waals surface area contributed by atoms with E-state index >= 15 is 0 Å². The van der Waals surface area contributed by atoms with Crippen molar-refractivity contribution in [1.29, 1.82) is 0 Å². The molecule has 0 radical (unpaired) electrons. The van der Waals surface area contributed by atoms with Crippen molar-refractivity contribution in [2.24, 2.45) is 0 Å². The van der Waals surface area contributed by atoms with Gasteiger partial charge in [0.1, 0.15) is 0 Å². The molecule has 1 atom stereocenters. The van der Waals surface area contributed by atoms with E-state index in [0.717, 1.165) is 4.90 Å². The van der Waals surface area contributed by atoms with E-state index in [1.807, 2.05) is 6.92 Å². The summed E-state index contributed by atoms with van der Waals surface area (Å²) in [5.41, 5.74) is 5.04. The Labute approximate surface area is 153 Å². The fourth-order valence-electron chi connectivity index (χ4n) is 2.67. The first-order valence-corrected chi connectivity index (χ1v) is 9.07. The number of anilines is 2. The van der Waals surface area contributed by atoms with Gasteiger partial charge in [-0.3, -0.25) is 9.59 Å². The van der Waals surface area contributed by atoms with Gasteiger partial charge in [0.25, 0.3) is 0 Å². The highest BCUT2D eigenvalue weighted by molar-refractivity contribution is 8.00. The van der Waals surface area contributed by atoms with E-state index in [0.29, 0.717) is 11.4 Å². The van der Waals surface area contributed by atoms with Crippen LogP contribution in [0.3, 0.4) is 0 Å². The van der Waals surface area contributed by atoms with E-state index in [-0.39, 0.29) is 17.1 Å². The van der Waals surface area contributed by atoms with Gasteiger partial charge in [0, 0.05) is 23.2 Å². The summed E-state index contributed by atoms with van der Waals surface area (Å²) in [6.45, 7) is 9.60. The molecule has 2 amide bonds. The molecule has 0 aliphatic heterocycles. The largest absolute Gasteiger partial charge is 0.326 e. The lowest BCUT2D eigenvalue weighted by atomic mass is 10.1. The van der Waals surface area contributed by atoms with Crippen LogP contribution in [0.25, 0.3) is 0 Å². The molecule has 0 fully saturated rings. The highest BCUT2D eigenvalue weighted by atomic mass is 32.2. The Hall–Kier alpha value is -2.27. The molecule has 0 saturated heterocycles. The van der Waals surface area contributed by atoms with Gasteiger partial charge in [-0.25, -0.2) is 0 Å². The maximum atomic E-state index is 12.5. The lowest BCUT2D eigenvalue weighted by Crippen LogP contribution is -2.22. The van der Waals surface area contributed by atoms with Crippen LogP contribution in [0.15, 0.2) is 41.3 Å². The second kappa shape index (κ2) is 8.21. The van der Waals surface area contributed by atoms with E-state index in [2.05, 4.69) is 43.5 Å². The molecule has 0 heterocycles. The van der Waals surface area contributed by atoms with Crippen LogP contribution >= 0.6 is 11.8 Å². The molecule has 0 aromatic heterocycles. The summed E-state index contributed by atoms with van der Waals surface area (Å²) in [6, 6.07) is 11.4. The van der Waals surface area contributed by atoms with Crippen molar-refractivity contribution in [3.8, 4) is 0 Å². The Morgan fingerprint density at radius 2 is 1.40 bits per heavy atom. The van der Waals surface area contributed by atoms with E-state index in [1.165, 1.54) is 23.6 Å². The first kappa shape index (κ1) is 19.1. The Bertz CT molecular complexity index is 762. The minimum atomic E-state index is -0.213. The Kier molecular flexibility index (Phi) is 6.26. The van der Waals surface area contributed by atoms with Crippen LogP contribution in [-0.4, -0.2) is 17.1 Å². The van der Waals surface area contributed by atoms with Crippen LogP contribution in [0, 0.1) is 20.8 Å². The van der Waals surface area contributed by atoms with E-state index in [9.17, 15) is 9.59 Å². The summed E-state index contributed by atoms with van der Waals surface area (Å²) in [5.74, 6) is -0.165. The van der Waals surface area contributed by atoms with Gasteiger partial charge in [0.2, 0.25) is 11.8 Å². The average Bonchev–Trinajstić information content (AvgIpc) is 2.52. The molecule has 2 aromatic rings. The summed E-state index contributed by atoms with van der Waals surface area (Å²) in [4.78, 5) is 24.7. The van der Waals surface area contributed by atoms with Gasteiger partial charge in [0.05, 0.1) is 5.25 Å². The highest BCUT2D eigenvalue weighted by Crippen LogP contribution is 2.31. The molecule has 25 heavy (non-hydrogen) atoms. The molecule has 2 N–H and O–H groups in total. The van der Waals surface area contributed by atoms with Crippen LogP contribution in [0.1, 0.15) is 30.5 Å². The third-order valence-electron chi connectivity index (χ3n) is 3.74. The number of carbonyl (C=O) groups is 2. The van der Waals surface area contributed by atoms with Crippen molar-refractivity contribution in [2.75, 3.05) is 10.6 Å². The first-order chi connectivity index (χ1) is 11.8. The van der Waals surface area contributed by atoms with E-state index < -0.39 is 0 Å². The van der Waals surface area contributed by atoms with Gasteiger partial charge in [0.15, 0.2) is 0 Å². The van der Waals surface area contributed by atoms with Crippen LogP contribution in [0.2, 0.25) is 0 Å². The lowest BCUT2D eigenvalue weighted by molar-refractivity contribution is -0.115. The Morgan fingerprint density at radius 3 is 1.88 bits per heavy atom. The maximum absolute atomic E-state index is 12.5.